The highest BCUT2D eigenvalue weighted by atomic mass is 16.1. The van der Waals surface area contributed by atoms with Gasteiger partial charge in [0.2, 0.25) is 0 Å². The number of rotatable bonds is 2. The highest BCUT2D eigenvalue weighted by molar-refractivity contribution is 5.85. The lowest BCUT2D eigenvalue weighted by Gasteiger charge is -2.26. The van der Waals surface area contributed by atoms with E-state index >= 15 is 0 Å². The summed E-state index contributed by atoms with van der Waals surface area (Å²) in [6.07, 6.45) is 2.94. The van der Waals surface area contributed by atoms with Gasteiger partial charge in [-0.2, -0.15) is 0 Å². The van der Waals surface area contributed by atoms with E-state index in [9.17, 15) is 4.79 Å². The van der Waals surface area contributed by atoms with Crippen LogP contribution in [0, 0.1) is 0 Å². The second-order valence-corrected chi connectivity index (χ2v) is 3.63. The molecule has 0 saturated heterocycles. The lowest BCUT2D eigenvalue weighted by atomic mass is 10.2. The van der Waals surface area contributed by atoms with E-state index < -0.39 is 0 Å². The predicted octanol–water partition coefficient (Wildman–Crippen LogP) is 1.45. The Labute approximate surface area is 68.6 Å². The summed E-state index contributed by atoms with van der Waals surface area (Å²) in [7, 11) is 2.04. The van der Waals surface area contributed by atoms with E-state index in [-0.39, 0.29) is 6.04 Å². The van der Waals surface area contributed by atoms with Gasteiger partial charge in [-0.05, 0) is 33.7 Å². The minimum Gasteiger partial charge on any atom is -0.298 e. The first-order valence-electron chi connectivity index (χ1n) is 4.37. The van der Waals surface area contributed by atoms with Crippen molar-refractivity contribution < 1.29 is 4.79 Å². The third-order valence-corrected chi connectivity index (χ3v) is 2.58. The van der Waals surface area contributed by atoms with Crippen molar-refractivity contribution in [3.63, 3.8) is 0 Å². The summed E-state index contributed by atoms with van der Waals surface area (Å²) in [6, 6.07) is 0.706. The van der Waals surface area contributed by atoms with Gasteiger partial charge in [0.25, 0.3) is 0 Å². The second-order valence-electron chi connectivity index (χ2n) is 3.63. The Kier molecular flexibility index (Phi) is 2.66. The number of hydrogen-bond acceptors (Lipinski definition) is 2. The van der Waals surface area contributed by atoms with Gasteiger partial charge in [0.05, 0.1) is 6.04 Å². The van der Waals surface area contributed by atoms with Gasteiger partial charge in [-0.25, -0.2) is 0 Å². The van der Waals surface area contributed by atoms with Crippen molar-refractivity contribution in [3.8, 4) is 0 Å². The van der Waals surface area contributed by atoms with Crippen LogP contribution in [0.4, 0.5) is 0 Å². The first kappa shape index (κ1) is 8.72. The molecule has 1 fully saturated rings. The molecular weight excluding hydrogens is 138 g/mol. The van der Waals surface area contributed by atoms with Crippen molar-refractivity contribution in [2.75, 3.05) is 7.05 Å². The summed E-state index contributed by atoms with van der Waals surface area (Å²) < 4.78 is 0. The molecule has 0 aromatic carbocycles. The molecule has 0 spiro atoms. The molecule has 11 heavy (non-hydrogen) atoms. The first-order chi connectivity index (χ1) is 5.13. The fourth-order valence-corrected chi connectivity index (χ4v) is 1.59. The van der Waals surface area contributed by atoms with Gasteiger partial charge >= 0.3 is 0 Å². The second kappa shape index (κ2) is 3.35. The highest BCUT2D eigenvalue weighted by Crippen LogP contribution is 2.20. The van der Waals surface area contributed by atoms with Crippen LogP contribution in [0.3, 0.4) is 0 Å². The summed E-state index contributed by atoms with van der Waals surface area (Å²) in [5, 5.41) is 0. The Hall–Kier alpha value is -0.370. The Morgan fingerprint density at radius 1 is 1.55 bits per heavy atom. The van der Waals surface area contributed by atoms with Gasteiger partial charge in [0.15, 0.2) is 0 Å². The molecule has 1 aliphatic rings. The molecule has 64 valence electrons. The maximum absolute atomic E-state index is 11.3. The van der Waals surface area contributed by atoms with Crippen molar-refractivity contribution in [3.05, 3.63) is 0 Å². The topological polar surface area (TPSA) is 20.3 Å². The Morgan fingerprint density at radius 2 is 2.18 bits per heavy atom. The van der Waals surface area contributed by atoms with Crippen LogP contribution in [-0.4, -0.2) is 29.8 Å². The summed E-state index contributed by atoms with van der Waals surface area (Å²) >= 11 is 0. The minimum absolute atomic E-state index is 0.218. The number of carbonyl (C=O) groups excluding carboxylic acids is 1. The summed E-state index contributed by atoms with van der Waals surface area (Å²) in [4.78, 5) is 13.5. The lowest BCUT2D eigenvalue weighted by molar-refractivity contribution is -0.122. The zero-order valence-corrected chi connectivity index (χ0v) is 7.63. The fraction of sp³-hybridized carbons (Fsp3) is 0.889. The molecule has 0 aromatic heterocycles. The zero-order chi connectivity index (χ0) is 8.43. The van der Waals surface area contributed by atoms with Crippen LogP contribution in [-0.2, 0) is 4.79 Å². The minimum atomic E-state index is 0.218. The smallest absolute Gasteiger partial charge is 0.149 e. The van der Waals surface area contributed by atoms with Gasteiger partial charge in [-0.15, -0.1) is 0 Å². The number of ketones is 1. The molecule has 0 aromatic rings. The third-order valence-electron chi connectivity index (χ3n) is 2.58. The average Bonchev–Trinajstić information content (AvgIpc) is 2.33. The molecule has 1 aliphatic carbocycles. The van der Waals surface area contributed by atoms with E-state index in [0.29, 0.717) is 11.8 Å². The van der Waals surface area contributed by atoms with Gasteiger partial charge in [-0.3, -0.25) is 9.69 Å². The molecule has 0 radical (unpaired) electrons. The molecule has 2 nitrogen and oxygen atoms in total. The normalized spacial score (nSPS) is 25.5. The van der Waals surface area contributed by atoms with E-state index in [4.69, 9.17) is 0 Å². The summed E-state index contributed by atoms with van der Waals surface area (Å²) in [6.45, 7) is 4.26. The van der Waals surface area contributed by atoms with Crippen LogP contribution in [0.25, 0.3) is 0 Å². The van der Waals surface area contributed by atoms with Crippen LogP contribution in [0.5, 0.6) is 0 Å². The van der Waals surface area contributed by atoms with E-state index in [1.54, 1.807) is 0 Å². The standard InChI is InChI=1S/C9H17NO/c1-7(2)10(3)8-5-4-6-9(8)11/h7-8H,4-6H2,1-3H3. The van der Waals surface area contributed by atoms with Crippen molar-refractivity contribution in [1.82, 2.24) is 4.90 Å². The van der Waals surface area contributed by atoms with Gasteiger partial charge in [-0.1, -0.05) is 0 Å². The molecule has 0 bridgehead atoms. The molecule has 2 heteroatoms. The SMILES string of the molecule is CC(C)N(C)C1CCCC1=O. The van der Waals surface area contributed by atoms with Gasteiger partial charge in [0, 0.05) is 12.5 Å². The van der Waals surface area contributed by atoms with Crippen LogP contribution >= 0.6 is 0 Å². The van der Waals surface area contributed by atoms with Crippen molar-refractivity contribution in [1.29, 1.82) is 0 Å². The van der Waals surface area contributed by atoms with Crippen molar-refractivity contribution in [2.45, 2.75) is 45.2 Å². The van der Waals surface area contributed by atoms with Crippen LogP contribution in [0.15, 0.2) is 0 Å². The van der Waals surface area contributed by atoms with Gasteiger partial charge in [0.1, 0.15) is 5.78 Å². The number of carbonyl (C=O) groups is 1. The van der Waals surface area contributed by atoms with E-state index in [0.717, 1.165) is 19.3 Å². The van der Waals surface area contributed by atoms with E-state index in [2.05, 4.69) is 18.7 Å². The largest absolute Gasteiger partial charge is 0.298 e. The number of likely N-dealkylation sites (N-methyl/N-ethyl adjacent to an activating group) is 1. The molecule has 1 saturated carbocycles. The third kappa shape index (κ3) is 1.80. The lowest BCUT2D eigenvalue weighted by Crippen LogP contribution is -2.39. The predicted molar refractivity (Wildman–Crippen MR) is 45.5 cm³/mol. The summed E-state index contributed by atoms with van der Waals surface area (Å²) in [5.41, 5.74) is 0. The van der Waals surface area contributed by atoms with Crippen LogP contribution in [0.2, 0.25) is 0 Å². The highest BCUT2D eigenvalue weighted by Gasteiger charge is 2.28. The first-order valence-corrected chi connectivity index (χ1v) is 4.37. The Balaban J connectivity index is 2.52. The number of hydrogen-bond donors (Lipinski definition) is 0. The van der Waals surface area contributed by atoms with E-state index in [1.807, 2.05) is 7.05 Å². The molecule has 0 amide bonds. The zero-order valence-electron chi connectivity index (χ0n) is 7.63. The van der Waals surface area contributed by atoms with Crippen LogP contribution in [0.1, 0.15) is 33.1 Å². The Morgan fingerprint density at radius 3 is 2.55 bits per heavy atom. The molecule has 0 aliphatic heterocycles. The Bertz CT molecular complexity index is 154. The van der Waals surface area contributed by atoms with Crippen molar-refractivity contribution in [2.24, 2.45) is 0 Å². The molecule has 1 rings (SSSR count). The van der Waals surface area contributed by atoms with E-state index in [1.165, 1.54) is 0 Å². The fourth-order valence-electron chi connectivity index (χ4n) is 1.59. The molecule has 0 N–H and O–H groups in total. The quantitative estimate of drug-likeness (QED) is 0.601. The molecule has 1 atom stereocenters. The van der Waals surface area contributed by atoms with Gasteiger partial charge < -0.3 is 0 Å². The maximum atomic E-state index is 11.3. The maximum Gasteiger partial charge on any atom is 0.149 e. The molecule has 1 unspecified atom stereocenters. The summed E-state index contributed by atoms with van der Waals surface area (Å²) in [5.74, 6) is 0.432. The number of nitrogens with zero attached hydrogens (tertiary/aromatic N) is 1. The number of Topliss-reactive ketones (excluding diaryl/α,β-unsaturated/α-hetero) is 1. The van der Waals surface area contributed by atoms with Crippen LogP contribution < -0.4 is 0 Å². The molecule has 0 heterocycles. The monoisotopic (exact) mass is 155 g/mol. The average molecular weight is 155 g/mol. The molecular formula is C9H17NO. The van der Waals surface area contributed by atoms with Crippen molar-refractivity contribution >= 4 is 5.78 Å².